The van der Waals surface area contributed by atoms with Crippen LogP contribution in [0.4, 0.5) is 0 Å². The lowest BCUT2D eigenvalue weighted by molar-refractivity contribution is -0.151. The zero-order valence-electron chi connectivity index (χ0n) is 17.2. The number of carbonyl (C=O) groups excluding carboxylic acids is 2. The Morgan fingerprint density at radius 3 is 2.77 bits per heavy atom. The van der Waals surface area contributed by atoms with Crippen LogP contribution in [0.2, 0.25) is 0 Å². The molecule has 30 heavy (non-hydrogen) atoms. The standard InChI is InChI=1S/C23H28N4O3/c28-22(27-14-6-10-19-9-4-5-11-21(19)27)17-30-23(29)13-12-20-16-26(25-24-20)15-18-7-2-1-3-8-18/h1-3,7-8,12-13,16,19,21H,4-6,9-11,14-15,17H2/b13-12+/t19-,21+/m1/s1. The van der Waals surface area contributed by atoms with Crippen LogP contribution < -0.4 is 0 Å². The number of rotatable bonds is 6. The number of likely N-dealkylation sites (tertiary alicyclic amines) is 1. The normalized spacial score (nSPS) is 21.4. The number of esters is 1. The van der Waals surface area contributed by atoms with Crippen molar-refractivity contribution in [2.24, 2.45) is 5.92 Å². The van der Waals surface area contributed by atoms with E-state index >= 15 is 0 Å². The van der Waals surface area contributed by atoms with Crippen LogP contribution in [0, 0.1) is 5.92 Å². The molecule has 2 aliphatic rings. The molecule has 1 saturated carbocycles. The zero-order chi connectivity index (χ0) is 20.8. The molecule has 1 aromatic carbocycles. The van der Waals surface area contributed by atoms with Gasteiger partial charge in [-0.15, -0.1) is 5.10 Å². The van der Waals surface area contributed by atoms with E-state index in [-0.39, 0.29) is 12.5 Å². The van der Waals surface area contributed by atoms with Crippen molar-refractivity contribution in [2.75, 3.05) is 13.2 Å². The Balaban J connectivity index is 1.25. The van der Waals surface area contributed by atoms with Crippen LogP contribution in [0.5, 0.6) is 0 Å². The first-order chi connectivity index (χ1) is 14.7. The van der Waals surface area contributed by atoms with Crippen LogP contribution >= 0.6 is 0 Å². The Bertz CT molecular complexity index is 891. The minimum Gasteiger partial charge on any atom is -0.452 e. The second-order valence-electron chi connectivity index (χ2n) is 8.11. The Morgan fingerprint density at radius 1 is 1.10 bits per heavy atom. The van der Waals surface area contributed by atoms with Crippen LogP contribution in [0.25, 0.3) is 6.08 Å². The smallest absolute Gasteiger partial charge is 0.331 e. The van der Waals surface area contributed by atoms with Gasteiger partial charge in [0.2, 0.25) is 0 Å². The molecule has 4 rings (SSSR count). The number of hydrogen-bond donors (Lipinski definition) is 0. The Kier molecular flexibility index (Phi) is 6.57. The van der Waals surface area contributed by atoms with Gasteiger partial charge in [-0.3, -0.25) is 4.79 Å². The van der Waals surface area contributed by atoms with Gasteiger partial charge in [-0.05, 0) is 43.2 Å². The van der Waals surface area contributed by atoms with E-state index < -0.39 is 5.97 Å². The summed E-state index contributed by atoms with van der Waals surface area (Å²) >= 11 is 0. The summed E-state index contributed by atoms with van der Waals surface area (Å²) in [6, 6.07) is 10.3. The zero-order valence-corrected chi connectivity index (χ0v) is 17.2. The molecule has 1 aliphatic carbocycles. The van der Waals surface area contributed by atoms with E-state index in [2.05, 4.69) is 10.3 Å². The summed E-state index contributed by atoms with van der Waals surface area (Å²) in [5.74, 6) is -0.00846. The predicted molar refractivity (Wildman–Crippen MR) is 112 cm³/mol. The molecule has 2 atom stereocenters. The topological polar surface area (TPSA) is 77.3 Å². The molecule has 1 saturated heterocycles. The average molecular weight is 409 g/mol. The minimum absolute atomic E-state index is 0.0813. The van der Waals surface area contributed by atoms with Crippen molar-refractivity contribution in [1.82, 2.24) is 19.9 Å². The molecule has 2 aromatic rings. The van der Waals surface area contributed by atoms with E-state index in [9.17, 15) is 9.59 Å². The van der Waals surface area contributed by atoms with Crippen LogP contribution in [-0.4, -0.2) is 51.0 Å². The molecule has 1 amide bonds. The number of carbonyl (C=O) groups is 2. The van der Waals surface area contributed by atoms with E-state index in [0.29, 0.717) is 24.2 Å². The number of piperidine rings is 1. The van der Waals surface area contributed by atoms with Crippen LogP contribution in [0.15, 0.2) is 42.6 Å². The summed E-state index contributed by atoms with van der Waals surface area (Å²) in [6.45, 7) is 1.18. The molecule has 2 heterocycles. The molecule has 0 spiro atoms. The number of aromatic nitrogens is 3. The predicted octanol–water partition coefficient (Wildman–Crippen LogP) is 3.06. The summed E-state index contributed by atoms with van der Waals surface area (Å²) in [5, 5.41) is 8.11. The highest BCUT2D eigenvalue weighted by Gasteiger charge is 2.35. The molecule has 0 N–H and O–H groups in total. The van der Waals surface area contributed by atoms with Crippen molar-refractivity contribution in [3.63, 3.8) is 0 Å². The first kappa shape index (κ1) is 20.3. The highest BCUT2D eigenvalue weighted by Crippen LogP contribution is 2.35. The summed E-state index contributed by atoms with van der Waals surface area (Å²) in [6.07, 6.45) is 11.6. The number of hydrogen-bond acceptors (Lipinski definition) is 5. The van der Waals surface area contributed by atoms with E-state index in [1.165, 1.54) is 31.8 Å². The SMILES string of the molecule is O=C(/C=C/c1cn(Cc2ccccc2)nn1)OCC(=O)N1CCC[C@H]2CCCC[C@@H]21. The van der Waals surface area contributed by atoms with E-state index in [1.807, 2.05) is 35.2 Å². The number of benzene rings is 1. The molecule has 0 radical (unpaired) electrons. The van der Waals surface area contributed by atoms with Crippen LogP contribution in [0.1, 0.15) is 49.8 Å². The van der Waals surface area contributed by atoms with Gasteiger partial charge in [0.1, 0.15) is 5.69 Å². The lowest BCUT2D eigenvalue weighted by atomic mass is 9.78. The second kappa shape index (κ2) is 9.69. The molecule has 0 unspecified atom stereocenters. The van der Waals surface area contributed by atoms with E-state index in [4.69, 9.17) is 4.74 Å². The Labute approximate surface area is 176 Å². The summed E-state index contributed by atoms with van der Waals surface area (Å²) in [7, 11) is 0. The van der Waals surface area contributed by atoms with Crippen molar-refractivity contribution in [2.45, 2.75) is 51.1 Å². The van der Waals surface area contributed by atoms with Gasteiger partial charge in [-0.25, -0.2) is 9.48 Å². The van der Waals surface area contributed by atoms with Crippen LogP contribution in [0.3, 0.4) is 0 Å². The van der Waals surface area contributed by atoms with Gasteiger partial charge in [0.15, 0.2) is 6.61 Å². The van der Waals surface area contributed by atoms with Crippen molar-refractivity contribution in [3.05, 3.63) is 53.9 Å². The number of ether oxygens (including phenoxy) is 1. The molecular weight excluding hydrogens is 380 g/mol. The monoisotopic (exact) mass is 408 g/mol. The van der Waals surface area contributed by atoms with Crippen molar-refractivity contribution in [3.8, 4) is 0 Å². The largest absolute Gasteiger partial charge is 0.452 e. The van der Waals surface area contributed by atoms with Gasteiger partial charge in [0.05, 0.1) is 12.7 Å². The Hall–Kier alpha value is -2.96. The third-order valence-corrected chi connectivity index (χ3v) is 6.04. The maximum absolute atomic E-state index is 12.6. The number of amides is 1. The highest BCUT2D eigenvalue weighted by atomic mass is 16.5. The fourth-order valence-electron chi connectivity index (χ4n) is 4.59. The molecule has 7 heteroatoms. The number of nitrogens with zero attached hydrogens (tertiary/aromatic N) is 4. The molecule has 0 bridgehead atoms. The van der Waals surface area contributed by atoms with Gasteiger partial charge in [0.25, 0.3) is 5.91 Å². The van der Waals surface area contributed by atoms with Gasteiger partial charge in [-0.1, -0.05) is 48.4 Å². The van der Waals surface area contributed by atoms with E-state index in [1.54, 1.807) is 17.0 Å². The quantitative estimate of drug-likeness (QED) is 0.542. The van der Waals surface area contributed by atoms with Crippen molar-refractivity contribution in [1.29, 1.82) is 0 Å². The first-order valence-corrected chi connectivity index (χ1v) is 10.8. The molecule has 1 aromatic heterocycles. The van der Waals surface area contributed by atoms with Crippen LogP contribution in [-0.2, 0) is 20.9 Å². The lowest BCUT2D eigenvalue weighted by Gasteiger charge is -2.44. The highest BCUT2D eigenvalue weighted by molar-refractivity contribution is 5.89. The molecule has 7 nitrogen and oxygen atoms in total. The van der Waals surface area contributed by atoms with Crippen molar-refractivity contribution < 1.29 is 14.3 Å². The maximum Gasteiger partial charge on any atom is 0.331 e. The Morgan fingerprint density at radius 2 is 1.90 bits per heavy atom. The van der Waals surface area contributed by atoms with Crippen molar-refractivity contribution >= 4 is 18.0 Å². The molecule has 1 aliphatic heterocycles. The van der Waals surface area contributed by atoms with Gasteiger partial charge in [-0.2, -0.15) is 0 Å². The third-order valence-electron chi connectivity index (χ3n) is 6.04. The van der Waals surface area contributed by atoms with Gasteiger partial charge in [0, 0.05) is 18.7 Å². The van der Waals surface area contributed by atoms with Gasteiger partial charge < -0.3 is 9.64 Å². The summed E-state index contributed by atoms with van der Waals surface area (Å²) in [4.78, 5) is 26.6. The van der Waals surface area contributed by atoms with E-state index in [0.717, 1.165) is 24.9 Å². The fraction of sp³-hybridized carbons (Fsp3) is 0.478. The lowest BCUT2D eigenvalue weighted by Crippen LogP contribution is -2.50. The molecule has 158 valence electrons. The first-order valence-electron chi connectivity index (χ1n) is 10.8. The second-order valence-corrected chi connectivity index (χ2v) is 8.11. The molecular formula is C23H28N4O3. The average Bonchev–Trinajstić information content (AvgIpc) is 3.23. The maximum atomic E-state index is 12.6. The third kappa shape index (κ3) is 5.14. The fourth-order valence-corrected chi connectivity index (χ4v) is 4.59. The summed E-state index contributed by atoms with van der Waals surface area (Å²) in [5.41, 5.74) is 1.68. The number of fused-ring (bicyclic) bond motifs is 1. The molecule has 2 fully saturated rings. The van der Waals surface area contributed by atoms with Gasteiger partial charge >= 0.3 is 5.97 Å². The summed E-state index contributed by atoms with van der Waals surface area (Å²) < 4.78 is 6.90. The minimum atomic E-state index is -0.543.